The molecule has 0 saturated carbocycles. The molecule has 0 unspecified atom stereocenters. The number of unbranched alkanes of at least 4 members (excludes halogenated alkanes) is 1. The fourth-order valence-electron chi connectivity index (χ4n) is 1.82. The molecule has 0 fully saturated rings. The Labute approximate surface area is 119 Å². The van der Waals surface area contributed by atoms with Gasteiger partial charge >= 0.3 is 5.97 Å². The molecule has 1 aromatic carbocycles. The molecule has 1 rings (SSSR count). The zero-order valence-corrected chi connectivity index (χ0v) is 12.0. The summed E-state index contributed by atoms with van der Waals surface area (Å²) in [6, 6.07) is 4.39. The van der Waals surface area contributed by atoms with E-state index >= 15 is 0 Å². The lowest BCUT2D eigenvalue weighted by atomic mass is 10.1. The topological polar surface area (TPSA) is 61.5 Å². The lowest BCUT2D eigenvalue weighted by molar-refractivity contribution is -0.142. The Morgan fingerprint density at radius 1 is 1.40 bits per heavy atom. The van der Waals surface area contributed by atoms with Crippen molar-refractivity contribution in [1.82, 2.24) is 0 Å². The molecule has 0 saturated heterocycles. The highest BCUT2D eigenvalue weighted by atomic mass is 19.1. The summed E-state index contributed by atoms with van der Waals surface area (Å²) >= 11 is 0. The summed E-state index contributed by atoms with van der Waals surface area (Å²) < 4.78 is 23.1. The average Bonchev–Trinajstić information content (AvgIpc) is 2.45. The van der Waals surface area contributed by atoms with Crippen LogP contribution in [-0.2, 0) is 20.9 Å². The second-order valence-corrected chi connectivity index (χ2v) is 4.76. The molecule has 0 aliphatic heterocycles. The molecule has 112 valence electrons. The van der Waals surface area contributed by atoms with Crippen LogP contribution in [0.2, 0.25) is 0 Å². The number of aryl methyl sites for hydroxylation is 1. The highest BCUT2D eigenvalue weighted by molar-refractivity contribution is 5.75. The van der Waals surface area contributed by atoms with Crippen molar-refractivity contribution >= 4 is 5.97 Å². The lowest BCUT2D eigenvalue weighted by Crippen LogP contribution is -2.31. The number of nitrogens with two attached hydrogens (primary N) is 1. The van der Waals surface area contributed by atoms with Crippen LogP contribution in [0.25, 0.3) is 0 Å². The van der Waals surface area contributed by atoms with Gasteiger partial charge in [0.05, 0.1) is 13.7 Å². The Kier molecular flexibility index (Phi) is 7.18. The first-order valence-corrected chi connectivity index (χ1v) is 6.70. The van der Waals surface area contributed by atoms with Crippen molar-refractivity contribution < 1.29 is 18.7 Å². The predicted molar refractivity (Wildman–Crippen MR) is 74.6 cm³/mol. The standard InChI is InChI=1S/C15H22FNO3/c1-11-9-12(6-7-13(11)16)10-20-8-4-3-5-14(17)15(18)19-2/h6-7,9,14H,3-5,8,10,17H2,1-2H3/t14-/m1/s1. The molecule has 1 atom stereocenters. The van der Waals surface area contributed by atoms with Gasteiger partial charge < -0.3 is 15.2 Å². The van der Waals surface area contributed by atoms with Gasteiger partial charge in [0.1, 0.15) is 11.9 Å². The second-order valence-electron chi connectivity index (χ2n) is 4.76. The monoisotopic (exact) mass is 283 g/mol. The number of rotatable bonds is 8. The summed E-state index contributed by atoms with van der Waals surface area (Å²) in [6.45, 7) is 2.78. The third kappa shape index (κ3) is 5.67. The van der Waals surface area contributed by atoms with E-state index in [2.05, 4.69) is 4.74 Å². The number of ether oxygens (including phenoxy) is 2. The summed E-state index contributed by atoms with van der Waals surface area (Å²) in [5.41, 5.74) is 7.19. The molecule has 2 N–H and O–H groups in total. The van der Waals surface area contributed by atoms with Crippen molar-refractivity contribution in [2.75, 3.05) is 13.7 Å². The van der Waals surface area contributed by atoms with Crippen LogP contribution in [0.3, 0.4) is 0 Å². The number of hydrogen-bond donors (Lipinski definition) is 1. The Morgan fingerprint density at radius 2 is 2.15 bits per heavy atom. The van der Waals surface area contributed by atoms with Gasteiger partial charge in [0, 0.05) is 6.61 Å². The molecule has 20 heavy (non-hydrogen) atoms. The molecule has 0 spiro atoms. The first-order chi connectivity index (χ1) is 9.54. The Morgan fingerprint density at radius 3 is 2.80 bits per heavy atom. The van der Waals surface area contributed by atoms with Crippen LogP contribution in [0.5, 0.6) is 0 Å². The van der Waals surface area contributed by atoms with Gasteiger partial charge in [0.2, 0.25) is 0 Å². The van der Waals surface area contributed by atoms with E-state index in [1.54, 1.807) is 19.1 Å². The quantitative estimate of drug-likeness (QED) is 0.587. The van der Waals surface area contributed by atoms with Crippen molar-refractivity contribution in [2.24, 2.45) is 5.73 Å². The number of benzene rings is 1. The minimum absolute atomic E-state index is 0.203. The molecule has 0 aliphatic rings. The summed E-state index contributed by atoms with van der Waals surface area (Å²) in [6.07, 6.45) is 2.22. The van der Waals surface area contributed by atoms with Gasteiger partial charge in [-0.15, -0.1) is 0 Å². The summed E-state index contributed by atoms with van der Waals surface area (Å²) in [5.74, 6) is -0.585. The minimum Gasteiger partial charge on any atom is -0.468 e. The molecule has 0 aromatic heterocycles. The van der Waals surface area contributed by atoms with Gasteiger partial charge in [0.15, 0.2) is 0 Å². The molecule has 0 heterocycles. The van der Waals surface area contributed by atoms with Crippen molar-refractivity contribution in [2.45, 2.75) is 38.8 Å². The van der Waals surface area contributed by atoms with Crippen LogP contribution >= 0.6 is 0 Å². The predicted octanol–water partition coefficient (Wildman–Crippen LogP) is 2.32. The fourth-order valence-corrected chi connectivity index (χ4v) is 1.82. The number of hydrogen-bond acceptors (Lipinski definition) is 4. The van der Waals surface area contributed by atoms with Crippen LogP contribution < -0.4 is 5.73 Å². The van der Waals surface area contributed by atoms with Crippen LogP contribution in [0.4, 0.5) is 4.39 Å². The molecule has 0 aliphatic carbocycles. The van der Waals surface area contributed by atoms with E-state index in [9.17, 15) is 9.18 Å². The number of carbonyl (C=O) groups excluding carboxylic acids is 1. The molecule has 0 bridgehead atoms. The van der Waals surface area contributed by atoms with Gasteiger partial charge in [-0.3, -0.25) is 4.79 Å². The van der Waals surface area contributed by atoms with E-state index in [4.69, 9.17) is 10.5 Å². The van der Waals surface area contributed by atoms with E-state index in [0.717, 1.165) is 18.4 Å². The lowest BCUT2D eigenvalue weighted by Gasteiger charge is -2.09. The van der Waals surface area contributed by atoms with Crippen molar-refractivity contribution in [1.29, 1.82) is 0 Å². The van der Waals surface area contributed by atoms with Crippen molar-refractivity contribution in [3.63, 3.8) is 0 Å². The fraction of sp³-hybridized carbons (Fsp3) is 0.533. The minimum atomic E-state index is -0.556. The first kappa shape index (κ1) is 16.6. The van der Waals surface area contributed by atoms with Crippen molar-refractivity contribution in [3.8, 4) is 0 Å². The van der Waals surface area contributed by atoms with Gasteiger partial charge in [-0.05, 0) is 43.4 Å². The summed E-state index contributed by atoms with van der Waals surface area (Å²) in [7, 11) is 1.33. The Bertz CT molecular complexity index is 437. The highest BCUT2D eigenvalue weighted by Crippen LogP contribution is 2.10. The summed E-state index contributed by atoms with van der Waals surface area (Å²) in [4.78, 5) is 11.1. The molecule has 4 nitrogen and oxygen atoms in total. The largest absolute Gasteiger partial charge is 0.468 e. The third-order valence-corrected chi connectivity index (χ3v) is 3.05. The second kappa shape index (κ2) is 8.66. The Hall–Kier alpha value is -1.46. The molecule has 0 radical (unpaired) electrons. The number of esters is 1. The number of methoxy groups -OCH3 is 1. The van der Waals surface area contributed by atoms with Crippen molar-refractivity contribution in [3.05, 3.63) is 35.1 Å². The Balaban J connectivity index is 2.13. The smallest absolute Gasteiger partial charge is 0.322 e. The first-order valence-electron chi connectivity index (χ1n) is 6.70. The molecular formula is C15H22FNO3. The van der Waals surface area contributed by atoms with Gasteiger partial charge in [-0.2, -0.15) is 0 Å². The summed E-state index contributed by atoms with van der Waals surface area (Å²) in [5, 5.41) is 0. The van der Waals surface area contributed by atoms with Gasteiger partial charge in [0.25, 0.3) is 0 Å². The average molecular weight is 283 g/mol. The number of carbonyl (C=O) groups is 1. The van der Waals surface area contributed by atoms with Crippen LogP contribution in [0.1, 0.15) is 30.4 Å². The van der Waals surface area contributed by atoms with E-state index < -0.39 is 6.04 Å². The van der Waals surface area contributed by atoms with Crippen LogP contribution in [0, 0.1) is 12.7 Å². The maximum Gasteiger partial charge on any atom is 0.322 e. The number of halogens is 1. The maximum absolute atomic E-state index is 13.1. The molecule has 1 aromatic rings. The van der Waals surface area contributed by atoms with E-state index in [0.29, 0.717) is 25.2 Å². The van der Waals surface area contributed by atoms with Crippen LogP contribution in [-0.4, -0.2) is 25.7 Å². The van der Waals surface area contributed by atoms with Gasteiger partial charge in [-0.1, -0.05) is 12.1 Å². The van der Waals surface area contributed by atoms with Crippen LogP contribution in [0.15, 0.2) is 18.2 Å². The normalized spacial score (nSPS) is 12.2. The molecule has 0 amide bonds. The SMILES string of the molecule is COC(=O)[C@H](N)CCCCOCc1ccc(F)c(C)c1. The molecule has 5 heteroatoms. The maximum atomic E-state index is 13.1. The highest BCUT2D eigenvalue weighted by Gasteiger charge is 2.12. The third-order valence-electron chi connectivity index (χ3n) is 3.05. The van der Waals surface area contributed by atoms with E-state index in [1.807, 2.05) is 0 Å². The molecular weight excluding hydrogens is 261 g/mol. The van der Waals surface area contributed by atoms with E-state index in [1.165, 1.54) is 13.2 Å². The van der Waals surface area contributed by atoms with E-state index in [-0.39, 0.29) is 11.8 Å². The zero-order chi connectivity index (χ0) is 15.0. The van der Waals surface area contributed by atoms with Gasteiger partial charge in [-0.25, -0.2) is 4.39 Å². The zero-order valence-electron chi connectivity index (χ0n) is 12.0.